The van der Waals surface area contributed by atoms with Crippen molar-refractivity contribution >= 4 is 0 Å². The highest BCUT2D eigenvalue weighted by Crippen LogP contribution is 2.18. The lowest BCUT2D eigenvalue weighted by Gasteiger charge is -2.37. The number of rotatable bonds is 5. The van der Waals surface area contributed by atoms with Gasteiger partial charge in [0.2, 0.25) is 0 Å². The van der Waals surface area contributed by atoms with Crippen molar-refractivity contribution < 1.29 is 4.74 Å². The van der Waals surface area contributed by atoms with Crippen LogP contribution in [0.5, 0.6) is 0 Å². The Morgan fingerprint density at radius 3 is 2.35 bits per heavy atom. The van der Waals surface area contributed by atoms with Crippen LogP contribution in [-0.4, -0.2) is 72.1 Å². The molecule has 0 N–H and O–H groups in total. The van der Waals surface area contributed by atoms with Crippen LogP contribution in [0.2, 0.25) is 0 Å². The quantitative estimate of drug-likeness (QED) is 0.796. The van der Waals surface area contributed by atoms with E-state index in [9.17, 15) is 4.79 Å². The number of aromatic nitrogens is 2. The van der Waals surface area contributed by atoms with Gasteiger partial charge in [0.25, 0.3) is 5.56 Å². The van der Waals surface area contributed by atoms with Gasteiger partial charge < -0.3 is 9.64 Å². The van der Waals surface area contributed by atoms with Crippen molar-refractivity contribution in [3.05, 3.63) is 28.2 Å². The van der Waals surface area contributed by atoms with Gasteiger partial charge in [-0.25, -0.2) is 4.68 Å². The molecule has 6 heteroatoms. The Bertz CT molecular complexity index is 623. The molecule has 1 aromatic heterocycles. The molecule has 0 amide bonds. The summed E-state index contributed by atoms with van der Waals surface area (Å²) in [6.45, 7) is 15.4. The van der Waals surface area contributed by atoms with Crippen LogP contribution in [0, 0.1) is 5.92 Å². The molecule has 6 nitrogen and oxygen atoms in total. The highest BCUT2D eigenvalue weighted by Gasteiger charge is 2.22. The summed E-state index contributed by atoms with van der Waals surface area (Å²) in [6.07, 6.45) is 2.41. The number of piperazine rings is 1. The van der Waals surface area contributed by atoms with Crippen molar-refractivity contribution in [3.8, 4) is 0 Å². The highest BCUT2D eigenvalue weighted by atomic mass is 16.5. The van der Waals surface area contributed by atoms with Gasteiger partial charge in [0.15, 0.2) is 0 Å². The molecular formula is C20H34N4O2. The standard InChI is InChI=1S/C20H34N4O2/c1-20(2,3)18-4-5-19(25)24(21-18)13-12-22-8-10-23(11-9-22)16-17-6-14-26-15-7-17/h4-5,17H,6-16H2,1-3H3. The van der Waals surface area contributed by atoms with Gasteiger partial charge >= 0.3 is 0 Å². The molecular weight excluding hydrogens is 328 g/mol. The summed E-state index contributed by atoms with van der Waals surface area (Å²) in [5.41, 5.74) is 0.931. The Kier molecular flexibility index (Phi) is 6.48. The van der Waals surface area contributed by atoms with E-state index in [1.54, 1.807) is 10.7 Å². The lowest BCUT2D eigenvalue weighted by atomic mass is 9.92. The molecule has 26 heavy (non-hydrogen) atoms. The van der Waals surface area contributed by atoms with Gasteiger partial charge in [0.05, 0.1) is 12.2 Å². The van der Waals surface area contributed by atoms with E-state index in [0.29, 0.717) is 6.54 Å². The van der Waals surface area contributed by atoms with E-state index in [1.807, 2.05) is 6.07 Å². The first-order valence-electron chi connectivity index (χ1n) is 10.0. The predicted octanol–water partition coefficient (Wildman–Crippen LogP) is 1.59. The number of ether oxygens (including phenoxy) is 1. The van der Waals surface area contributed by atoms with Crippen LogP contribution in [0.3, 0.4) is 0 Å². The van der Waals surface area contributed by atoms with Crippen LogP contribution in [0.25, 0.3) is 0 Å². The second-order valence-corrected chi connectivity index (χ2v) is 8.73. The zero-order chi connectivity index (χ0) is 18.6. The Hall–Kier alpha value is -1.24. The summed E-state index contributed by atoms with van der Waals surface area (Å²) >= 11 is 0. The summed E-state index contributed by atoms with van der Waals surface area (Å²) in [4.78, 5) is 17.2. The molecule has 1 aromatic rings. The lowest BCUT2D eigenvalue weighted by Crippen LogP contribution is -2.49. The molecule has 0 bridgehead atoms. The zero-order valence-electron chi connectivity index (χ0n) is 16.6. The molecule has 146 valence electrons. The second kappa shape index (κ2) is 8.63. The third-order valence-corrected chi connectivity index (χ3v) is 5.59. The third-order valence-electron chi connectivity index (χ3n) is 5.59. The molecule has 2 aliphatic heterocycles. The predicted molar refractivity (Wildman–Crippen MR) is 104 cm³/mol. The fraction of sp³-hybridized carbons (Fsp3) is 0.800. The number of hydrogen-bond donors (Lipinski definition) is 0. The summed E-state index contributed by atoms with van der Waals surface area (Å²) in [6, 6.07) is 3.51. The van der Waals surface area contributed by atoms with Crippen molar-refractivity contribution in [2.24, 2.45) is 5.92 Å². The van der Waals surface area contributed by atoms with Gasteiger partial charge in [-0.1, -0.05) is 20.8 Å². The summed E-state index contributed by atoms with van der Waals surface area (Å²) < 4.78 is 7.09. The SMILES string of the molecule is CC(C)(C)c1ccc(=O)n(CCN2CCN(CC3CCOCC3)CC2)n1. The summed E-state index contributed by atoms with van der Waals surface area (Å²) in [5.74, 6) is 0.804. The third kappa shape index (κ3) is 5.38. The molecule has 0 saturated carbocycles. The van der Waals surface area contributed by atoms with E-state index in [2.05, 4.69) is 35.7 Å². The van der Waals surface area contributed by atoms with E-state index >= 15 is 0 Å². The largest absolute Gasteiger partial charge is 0.381 e. The highest BCUT2D eigenvalue weighted by molar-refractivity contribution is 5.10. The Labute approximate surface area is 157 Å². The number of nitrogens with zero attached hydrogens (tertiary/aromatic N) is 4. The fourth-order valence-electron chi connectivity index (χ4n) is 3.73. The first-order chi connectivity index (χ1) is 12.4. The minimum Gasteiger partial charge on any atom is -0.381 e. The van der Waals surface area contributed by atoms with Gasteiger partial charge in [-0.2, -0.15) is 5.10 Å². The Balaban J connectivity index is 1.46. The average Bonchev–Trinajstić information content (AvgIpc) is 2.62. The maximum absolute atomic E-state index is 12.1. The minimum absolute atomic E-state index is 0.00356. The molecule has 0 radical (unpaired) electrons. The van der Waals surface area contributed by atoms with Crippen LogP contribution in [0.15, 0.2) is 16.9 Å². The smallest absolute Gasteiger partial charge is 0.266 e. The average molecular weight is 363 g/mol. The van der Waals surface area contributed by atoms with Crippen molar-refractivity contribution in [3.63, 3.8) is 0 Å². The summed E-state index contributed by atoms with van der Waals surface area (Å²) in [7, 11) is 0. The lowest BCUT2D eigenvalue weighted by molar-refractivity contribution is 0.0418. The van der Waals surface area contributed by atoms with E-state index in [0.717, 1.165) is 57.5 Å². The minimum atomic E-state index is -0.0365. The zero-order valence-corrected chi connectivity index (χ0v) is 16.6. The molecule has 0 aromatic carbocycles. The van der Waals surface area contributed by atoms with Gasteiger partial charge in [-0.15, -0.1) is 0 Å². The molecule has 0 unspecified atom stereocenters. The number of hydrogen-bond acceptors (Lipinski definition) is 5. The molecule has 0 atom stereocenters. The van der Waals surface area contributed by atoms with Crippen LogP contribution >= 0.6 is 0 Å². The van der Waals surface area contributed by atoms with E-state index < -0.39 is 0 Å². The van der Waals surface area contributed by atoms with Gasteiger partial charge in [-0.05, 0) is 24.8 Å². The maximum Gasteiger partial charge on any atom is 0.266 e. The van der Waals surface area contributed by atoms with Gasteiger partial charge in [0.1, 0.15) is 0 Å². The molecule has 0 aliphatic carbocycles. The first kappa shape index (κ1) is 19.5. The normalized spacial score (nSPS) is 21.2. The van der Waals surface area contributed by atoms with Crippen LogP contribution in [0.4, 0.5) is 0 Å². The Morgan fingerprint density at radius 2 is 1.69 bits per heavy atom. The molecule has 2 saturated heterocycles. The van der Waals surface area contributed by atoms with Crippen LogP contribution < -0.4 is 5.56 Å². The van der Waals surface area contributed by atoms with Gasteiger partial charge in [-0.3, -0.25) is 9.69 Å². The summed E-state index contributed by atoms with van der Waals surface area (Å²) in [5, 5.41) is 4.58. The van der Waals surface area contributed by atoms with Crippen molar-refractivity contribution in [2.75, 3.05) is 52.5 Å². The molecule has 2 fully saturated rings. The van der Waals surface area contributed by atoms with Crippen molar-refractivity contribution in [1.82, 2.24) is 19.6 Å². The second-order valence-electron chi connectivity index (χ2n) is 8.73. The van der Waals surface area contributed by atoms with Crippen LogP contribution in [0.1, 0.15) is 39.3 Å². The van der Waals surface area contributed by atoms with Crippen LogP contribution in [-0.2, 0) is 16.7 Å². The monoisotopic (exact) mass is 362 g/mol. The maximum atomic E-state index is 12.1. The van der Waals surface area contributed by atoms with E-state index in [4.69, 9.17) is 4.74 Å². The van der Waals surface area contributed by atoms with Gasteiger partial charge in [0, 0.05) is 64.0 Å². The van der Waals surface area contributed by atoms with E-state index in [-0.39, 0.29) is 11.0 Å². The molecule has 0 spiro atoms. The molecule has 3 rings (SSSR count). The molecule has 3 heterocycles. The Morgan fingerprint density at radius 1 is 1.04 bits per heavy atom. The first-order valence-corrected chi connectivity index (χ1v) is 10.0. The topological polar surface area (TPSA) is 50.6 Å². The van der Waals surface area contributed by atoms with E-state index in [1.165, 1.54) is 19.4 Å². The van der Waals surface area contributed by atoms with Crippen molar-refractivity contribution in [1.29, 1.82) is 0 Å². The molecule has 2 aliphatic rings. The van der Waals surface area contributed by atoms with Crippen molar-refractivity contribution in [2.45, 2.75) is 45.6 Å². The fourth-order valence-corrected chi connectivity index (χ4v) is 3.73.